The number of benzene rings is 2. The zero-order valence-electron chi connectivity index (χ0n) is 10.5. The van der Waals surface area contributed by atoms with Crippen LogP contribution in [0.3, 0.4) is 0 Å². The number of aromatic nitrogens is 1. The van der Waals surface area contributed by atoms with Crippen LogP contribution >= 0.6 is 12.4 Å². The van der Waals surface area contributed by atoms with E-state index in [0.717, 1.165) is 17.6 Å². The monoisotopic (exact) mass is 272 g/mol. The fourth-order valence-electron chi connectivity index (χ4n) is 2.27. The maximum Gasteiger partial charge on any atom is 0.0489 e. The summed E-state index contributed by atoms with van der Waals surface area (Å²) < 4.78 is 0. The molecular formula is C16H17ClN2. The number of rotatable bonds is 3. The summed E-state index contributed by atoms with van der Waals surface area (Å²) in [5.41, 5.74) is 9.77. The summed E-state index contributed by atoms with van der Waals surface area (Å²) >= 11 is 0. The van der Waals surface area contributed by atoms with E-state index in [4.69, 9.17) is 5.73 Å². The molecule has 2 aromatic carbocycles. The summed E-state index contributed by atoms with van der Waals surface area (Å²) in [4.78, 5) is 3.39. The van der Waals surface area contributed by atoms with E-state index in [2.05, 4.69) is 35.3 Å². The summed E-state index contributed by atoms with van der Waals surface area (Å²) in [5, 5.41) is 1.22. The molecule has 3 aromatic rings. The molecule has 0 aliphatic heterocycles. The van der Waals surface area contributed by atoms with Crippen LogP contribution < -0.4 is 5.73 Å². The summed E-state index contributed by atoms with van der Waals surface area (Å²) in [5.74, 6) is 0. The first-order valence-electron chi connectivity index (χ1n) is 6.20. The lowest BCUT2D eigenvalue weighted by atomic mass is 10.0. The summed E-state index contributed by atoms with van der Waals surface area (Å²) in [7, 11) is 0. The third-order valence-corrected chi connectivity index (χ3v) is 3.25. The predicted molar refractivity (Wildman–Crippen MR) is 82.6 cm³/mol. The van der Waals surface area contributed by atoms with Crippen molar-refractivity contribution in [1.82, 2.24) is 4.98 Å². The number of para-hydroxylation sites is 1. The molecule has 0 fully saturated rings. The van der Waals surface area contributed by atoms with Gasteiger partial charge in [-0.2, -0.15) is 0 Å². The molecule has 2 nitrogen and oxygen atoms in total. The van der Waals surface area contributed by atoms with Gasteiger partial charge in [0.1, 0.15) is 0 Å². The molecule has 1 unspecified atom stereocenters. The fraction of sp³-hybridized carbons (Fsp3) is 0.125. The average molecular weight is 273 g/mol. The molecule has 98 valence electrons. The second kappa shape index (κ2) is 5.91. The first-order valence-corrected chi connectivity index (χ1v) is 6.20. The minimum Gasteiger partial charge on any atom is -0.357 e. The summed E-state index contributed by atoms with van der Waals surface area (Å²) in [6.07, 6.45) is 0.855. The van der Waals surface area contributed by atoms with E-state index in [1.165, 1.54) is 10.9 Å². The third-order valence-electron chi connectivity index (χ3n) is 3.25. The van der Waals surface area contributed by atoms with Gasteiger partial charge in [0.2, 0.25) is 0 Å². The van der Waals surface area contributed by atoms with Crippen molar-refractivity contribution < 1.29 is 0 Å². The van der Waals surface area contributed by atoms with Crippen molar-refractivity contribution in [2.24, 2.45) is 5.73 Å². The van der Waals surface area contributed by atoms with E-state index in [-0.39, 0.29) is 18.4 Å². The number of hydrogen-bond acceptors (Lipinski definition) is 1. The maximum absolute atomic E-state index is 6.26. The highest BCUT2D eigenvalue weighted by Gasteiger charge is 2.09. The van der Waals surface area contributed by atoms with Crippen LogP contribution in [0.2, 0.25) is 0 Å². The van der Waals surface area contributed by atoms with Gasteiger partial charge < -0.3 is 10.7 Å². The van der Waals surface area contributed by atoms with Crippen LogP contribution in [0, 0.1) is 0 Å². The highest BCUT2D eigenvalue weighted by molar-refractivity contribution is 5.85. The third kappa shape index (κ3) is 2.98. The molecule has 1 aromatic heterocycles. The zero-order chi connectivity index (χ0) is 12.4. The number of nitrogens with two attached hydrogens (primary N) is 1. The molecule has 0 aliphatic carbocycles. The lowest BCUT2D eigenvalue weighted by molar-refractivity contribution is 0.704. The van der Waals surface area contributed by atoms with Crippen LogP contribution in [-0.4, -0.2) is 4.98 Å². The molecule has 1 atom stereocenters. The topological polar surface area (TPSA) is 41.8 Å². The lowest BCUT2D eigenvalue weighted by Gasteiger charge is -2.09. The minimum absolute atomic E-state index is 0. The van der Waals surface area contributed by atoms with Gasteiger partial charge in [0.05, 0.1) is 0 Å². The Balaban J connectivity index is 0.00000133. The number of fused-ring (bicyclic) bond motifs is 1. The lowest BCUT2D eigenvalue weighted by Crippen LogP contribution is -2.13. The van der Waals surface area contributed by atoms with Gasteiger partial charge in [0.25, 0.3) is 0 Å². The first-order chi connectivity index (χ1) is 8.83. The van der Waals surface area contributed by atoms with E-state index in [0.29, 0.717) is 0 Å². The largest absolute Gasteiger partial charge is 0.357 e. The SMILES string of the molecule is Cl.NC(Cc1ccccc1)c1cc2ccccc2[nH]1. The van der Waals surface area contributed by atoms with Crippen LogP contribution in [0.15, 0.2) is 60.7 Å². The molecule has 19 heavy (non-hydrogen) atoms. The number of aromatic amines is 1. The van der Waals surface area contributed by atoms with Crippen molar-refractivity contribution in [3.8, 4) is 0 Å². The van der Waals surface area contributed by atoms with Gasteiger partial charge in [-0.05, 0) is 29.5 Å². The van der Waals surface area contributed by atoms with Gasteiger partial charge in [-0.15, -0.1) is 12.4 Å². The second-order valence-corrected chi connectivity index (χ2v) is 4.61. The molecule has 3 N–H and O–H groups in total. The molecule has 3 heteroatoms. The van der Waals surface area contributed by atoms with Crippen molar-refractivity contribution in [2.45, 2.75) is 12.5 Å². The molecule has 0 saturated carbocycles. The van der Waals surface area contributed by atoms with E-state index in [1.54, 1.807) is 0 Å². The van der Waals surface area contributed by atoms with E-state index in [1.807, 2.05) is 30.3 Å². The molecule has 3 rings (SSSR count). The van der Waals surface area contributed by atoms with Gasteiger partial charge in [-0.1, -0.05) is 48.5 Å². The van der Waals surface area contributed by atoms with E-state index >= 15 is 0 Å². The molecule has 0 spiro atoms. The molecule has 0 radical (unpaired) electrons. The van der Waals surface area contributed by atoms with Crippen LogP contribution in [0.5, 0.6) is 0 Å². The van der Waals surface area contributed by atoms with Gasteiger partial charge in [-0.3, -0.25) is 0 Å². The Kier molecular flexibility index (Phi) is 4.25. The quantitative estimate of drug-likeness (QED) is 0.747. The Labute approximate surface area is 119 Å². The first kappa shape index (κ1) is 13.7. The Morgan fingerprint density at radius 3 is 2.37 bits per heavy atom. The van der Waals surface area contributed by atoms with Gasteiger partial charge in [0, 0.05) is 17.3 Å². The number of hydrogen-bond donors (Lipinski definition) is 2. The number of H-pyrrole nitrogens is 1. The molecule has 0 bridgehead atoms. The highest BCUT2D eigenvalue weighted by atomic mass is 35.5. The van der Waals surface area contributed by atoms with E-state index < -0.39 is 0 Å². The Bertz CT molecular complexity index is 613. The molecule has 1 heterocycles. The summed E-state index contributed by atoms with van der Waals surface area (Å²) in [6.45, 7) is 0. The predicted octanol–water partition coefficient (Wildman–Crippen LogP) is 3.83. The minimum atomic E-state index is 0. The molecule has 0 amide bonds. The number of nitrogens with one attached hydrogen (secondary N) is 1. The van der Waals surface area contributed by atoms with Crippen molar-refractivity contribution in [2.75, 3.05) is 0 Å². The van der Waals surface area contributed by atoms with Crippen molar-refractivity contribution >= 4 is 23.3 Å². The van der Waals surface area contributed by atoms with Crippen molar-refractivity contribution in [3.63, 3.8) is 0 Å². The zero-order valence-corrected chi connectivity index (χ0v) is 11.4. The smallest absolute Gasteiger partial charge is 0.0489 e. The average Bonchev–Trinajstić information content (AvgIpc) is 2.84. The highest BCUT2D eigenvalue weighted by Crippen LogP contribution is 2.21. The van der Waals surface area contributed by atoms with Gasteiger partial charge >= 0.3 is 0 Å². The van der Waals surface area contributed by atoms with E-state index in [9.17, 15) is 0 Å². The molecule has 0 aliphatic rings. The van der Waals surface area contributed by atoms with Crippen LogP contribution in [0.25, 0.3) is 10.9 Å². The molecular weight excluding hydrogens is 256 g/mol. The van der Waals surface area contributed by atoms with Crippen molar-refractivity contribution in [1.29, 1.82) is 0 Å². The maximum atomic E-state index is 6.26. The molecule has 0 saturated heterocycles. The second-order valence-electron chi connectivity index (χ2n) is 4.61. The Hall–Kier alpha value is -1.77. The normalized spacial score (nSPS) is 12.1. The number of halogens is 1. The van der Waals surface area contributed by atoms with Crippen LogP contribution in [0.1, 0.15) is 17.3 Å². The summed E-state index contributed by atoms with van der Waals surface area (Å²) in [6, 6.07) is 20.8. The Morgan fingerprint density at radius 2 is 1.63 bits per heavy atom. The van der Waals surface area contributed by atoms with Crippen LogP contribution in [0.4, 0.5) is 0 Å². The van der Waals surface area contributed by atoms with Gasteiger partial charge in [-0.25, -0.2) is 0 Å². The Morgan fingerprint density at radius 1 is 0.947 bits per heavy atom. The fourth-order valence-corrected chi connectivity index (χ4v) is 2.27. The van der Waals surface area contributed by atoms with Crippen molar-refractivity contribution in [3.05, 3.63) is 71.9 Å². The standard InChI is InChI=1S/C16H16N2.ClH/c17-14(10-12-6-2-1-3-7-12)16-11-13-8-4-5-9-15(13)18-16;/h1-9,11,14,18H,10,17H2;1H. The van der Waals surface area contributed by atoms with Gasteiger partial charge in [0.15, 0.2) is 0 Å². The van der Waals surface area contributed by atoms with Crippen LogP contribution in [-0.2, 0) is 6.42 Å².